The maximum Gasteiger partial charge on any atom is 0.411 e. The molecular weight excluding hydrogens is 305 g/mol. The predicted molar refractivity (Wildman–Crippen MR) is 74.4 cm³/mol. The van der Waals surface area contributed by atoms with Crippen LogP contribution >= 0.6 is 11.3 Å². The molecule has 0 aliphatic rings. The van der Waals surface area contributed by atoms with Gasteiger partial charge < -0.3 is 10.1 Å². The number of rotatable bonds is 8. The van der Waals surface area contributed by atoms with Crippen molar-refractivity contribution in [1.29, 1.82) is 0 Å². The molecule has 0 unspecified atom stereocenters. The minimum absolute atomic E-state index is 0.0337. The van der Waals surface area contributed by atoms with Gasteiger partial charge in [0.05, 0.1) is 17.1 Å². The fourth-order valence-corrected chi connectivity index (χ4v) is 2.32. The highest BCUT2D eigenvalue weighted by Crippen LogP contribution is 2.19. The highest BCUT2D eigenvalue weighted by Gasteiger charge is 2.27. The minimum atomic E-state index is -4.30. The number of carbonyl (C=O) groups excluding carboxylic acids is 1. The Balaban J connectivity index is 2.14. The van der Waals surface area contributed by atoms with Gasteiger partial charge in [0.1, 0.15) is 6.61 Å². The number of thiazole rings is 1. The van der Waals surface area contributed by atoms with Crippen molar-refractivity contribution < 1.29 is 22.7 Å². The molecule has 0 aliphatic heterocycles. The molecule has 4 nitrogen and oxygen atoms in total. The first-order chi connectivity index (χ1) is 9.78. The quantitative estimate of drug-likeness (QED) is 0.748. The lowest BCUT2D eigenvalue weighted by molar-refractivity contribution is -0.174. The molecule has 1 heterocycles. The van der Waals surface area contributed by atoms with Crippen LogP contribution in [0.1, 0.15) is 36.9 Å². The van der Waals surface area contributed by atoms with E-state index in [-0.39, 0.29) is 25.5 Å². The average Bonchev–Trinajstić information content (AvgIpc) is 2.81. The summed E-state index contributed by atoms with van der Waals surface area (Å²) in [6.45, 7) is 3.07. The average molecular weight is 324 g/mol. The number of ether oxygens (including phenoxy) is 1. The Morgan fingerprint density at radius 2 is 2.19 bits per heavy atom. The van der Waals surface area contributed by atoms with Crippen LogP contribution in [0.3, 0.4) is 0 Å². The largest absolute Gasteiger partial charge is 0.411 e. The Labute approximate surface area is 125 Å². The van der Waals surface area contributed by atoms with Gasteiger partial charge in [-0.3, -0.25) is 4.79 Å². The van der Waals surface area contributed by atoms with E-state index in [9.17, 15) is 18.0 Å². The van der Waals surface area contributed by atoms with Gasteiger partial charge in [0.25, 0.3) is 0 Å². The van der Waals surface area contributed by atoms with Crippen LogP contribution in [0.2, 0.25) is 0 Å². The predicted octanol–water partition coefficient (Wildman–Crippen LogP) is 2.89. The van der Waals surface area contributed by atoms with Crippen LogP contribution in [-0.4, -0.2) is 36.8 Å². The number of nitrogens with zero attached hydrogens (tertiary/aromatic N) is 1. The first-order valence-corrected chi connectivity index (χ1v) is 7.51. The van der Waals surface area contributed by atoms with Crippen LogP contribution in [0.4, 0.5) is 13.2 Å². The highest BCUT2D eigenvalue weighted by atomic mass is 32.1. The van der Waals surface area contributed by atoms with Crippen LogP contribution in [0.5, 0.6) is 0 Å². The molecule has 8 heteroatoms. The van der Waals surface area contributed by atoms with Crippen LogP contribution < -0.4 is 5.32 Å². The summed E-state index contributed by atoms with van der Waals surface area (Å²) in [7, 11) is 0. The summed E-state index contributed by atoms with van der Waals surface area (Å²) in [5.41, 5.74) is 0.717. The second kappa shape index (κ2) is 8.33. The van der Waals surface area contributed by atoms with E-state index in [0.29, 0.717) is 12.3 Å². The molecule has 0 aromatic carbocycles. The van der Waals surface area contributed by atoms with Crippen LogP contribution in [0.25, 0.3) is 0 Å². The van der Waals surface area contributed by atoms with Gasteiger partial charge in [0, 0.05) is 24.4 Å². The van der Waals surface area contributed by atoms with E-state index < -0.39 is 12.8 Å². The molecule has 0 saturated carbocycles. The number of nitrogens with one attached hydrogen (secondary N) is 1. The van der Waals surface area contributed by atoms with Gasteiger partial charge in [-0.25, -0.2) is 4.98 Å². The molecular formula is C13H19F3N2O2S. The summed E-state index contributed by atoms with van der Waals surface area (Å²) in [6.07, 6.45) is -3.77. The Morgan fingerprint density at radius 1 is 1.48 bits per heavy atom. The minimum Gasteiger partial charge on any atom is -0.372 e. The molecule has 1 N–H and O–H groups in total. The molecule has 1 aromatic heterocycles. The molecule has 0 atom stereocenters. The van der Waals surface area contributed by atoms with Crippen LogP contribution in [-0.2, 0) is 16.0 Å². The molecule has 0 spiro atoms. The number of amides is 1. The van der Waals surface area contributed by atoms with Crippen molar-refractivity contribution in [3.8, 4) is 0 Å². The van der Waals surface area contributed by atoms with Gasteiger partial charge in [-0.15, -0.1) is 11.3 Å². The number of halogens is 3. The van der Waals surface area contributed by atoms with E-state index in [4.69, 9.17) is 0 Å². The number of aromatic nitrogens is 1. The summed E-state index contributed by atoms with van der Waals surface area (Å²) in [5.74, 6) is 0.143. The summed E-state index contributed by atoms with van der Waals surface area (Å²) in [5, 5.41) is 5.46. The first-order valence-electron chi connectivity index (χ1n) is 6.63. The standard InChI is InChI=1S/C13H19F3N2O2S/c1-9(2)12-18-10(7-21-12)6-11(19)17-4-3-5-20-8-13(14,15)16/h7,9H,3-6,8H2,1-2H3,(H,17,19). The monoisotopic (exact) mass is 324 g/mol. The van der Waals surface area contributed by atoms with Crippen molar-refractivity contribution in [3.05, 3.63) is 16.1 Å². The Hall–Kier alpha value is -1.15. The molecule has 1 aromatic rings. The van der Waals surface area contributed by atoms with Gasteiger partial charge in [0.2, 0.25) is 5.91 Å². The fourth-order valence-electron chi connectivity index (χ4n) is 1.49. The molecule has 0 saturated heterocycles. The first kappa shape index (κ1) is 17.9. The van der Waals surface area contributed by atoms with Crippen molar-refractivity contribution in [1.82, 2.24) is 10.3 Å². The van der Waals surface area contributed by atoms with Crippen molar-refractivity contribution >= 4 is 17.2 Å². The summed E-state index contributed by atoms with van der Waals surface area (Å²) in [4.78, 5) is 16.0. The third-order valence-corrected chi connectivity index (χ3v) is 3.65. The lowest BCUT2D eigenvalue weighted by Crippen LogP contribution is -2.27. The van der Waals surface area contributed by atoms with Gasteiger partial charge in [-0.05, 0) is 6.42 Å². The summed E-state index contributed by atoms with van der Waals surface area (Å²) in [6, 6.07) is 0. The Morgan fingerprint density at radius 3 is 2.76 bits per heavy atom. The van der Waals surface area contributed by atoms with Crippen LogP contribution in [0, 0.1) is 0 Å². The van der Waals surface area contributed by atoms with Gasteiger partial charge in [0.15, 0.2) is 0 Å². The number of alkyl halides is 3. The maximum absolute atomic E-state index is 11.8. The number of carbonyl (C=O) groups is 1. The topological polar surface area (TPSA) is 51.2 Å². The molecule has 1 rings (SSSR count). The van der Waals surface area contributed by atoms with Crippen molar-refractivity contribution in [2.75, 3.05) is 19.8 Å². The third-order valence-electron chi connectivity index (χ3n) is 2.46. The van der Waals surface area contributed by atoms with Crippen molar-refractivity contribution in [2.24, 2.45) is 0 Å². The van der Waals surface area contributed by atoms with Gasteiger partial charge in [-0.2, -0.15) is 13.2 Å². The second-order valence-electron chi connectivity index (χ2n) is 4.88. The second-order valence-corrected chi connectivity index (χ2v) is 5.77. The summed E-state index contributed by atoms with van der Waals surface area (Å²) < 4.78 is 39.8. The third kappa shape index (κ3) is 8.01. The Bertz CT molecular complexity index is 447. The molecule has 0 radical (unpaired) electrons. The van der Waals surface area contributed by atoms with Gasteiger partial charge in [-0.1, -0.05) is 13.8 Å². The smallest absolute Gasteiger partial charge is 0.372 e. The molecule has 120 valence electrons. The van der Waals surface area contributed by atoms with E-state index in [1.807, 2.05) is 19.2 Å². The zero-order chi connectivity index (χ0) is 15.9. The lowest BCUT2D eigenvalue weighted by Gasteiger charge is -2.08. The van der Waals surface area contributed by atoms with Crippen molar-refractivity contribution in [3.63, 3.8) is 0 Å². The lowest BCUT2D eigenvalue weighted by atomic mass is 10.2. The summed E-state index contributed by atoms with van der Waals surface area (Å²) >= 11 is 1.52. The normalized spacial score (nSPS) is 11.9. The van der Waals surface area contributed by atoms with Gasteiger partial charge >= 0.3 is 6.18 Å². The van der Waals surface area contributed by atoms with E-state index in [1.54, 1.807) is 0 Å². The van der Waals surface area contributed by atoms with Crippen LogP contribution in [0.15, 0.2) is 5.38 Å². The maximum atomic E-state index is 11.8. The Kier molecular flexibility index (Phi) is 7.10. The van der Waals surface area contributed by atoms with E-state index in [1.165, 1.54) is 11.3 Å². The highest BCUT2D eigenvalue weighted by molar-refractivity contribution is 7.09. The number of hydrogen-bond donors (Lipinski definition) is 1. The molecule has 0 aliphatic carbocycles. The van der Waals surface area contributed by atoms with E-state index in [0.717, 1.165) is 10.7 Å². The van der Waals surface area contributed by atoms with Crippen molar-refractivity contribution in [2.45, 2.75) is 38.8 Å². The zero-order valence-corrected chi connectivity index (χ0v) is 12.8. The molecule has 1 amide bonds. The van der Waals surface area contributed by atoms with E-state index >= 15 is 0 Å². The van der Waals surface area contributed by atoms with E-state index in [2.05, 4.69) is 15.0 Å². The zero-order valence-electron chi connectivity index (χ0n) is 12.0. The molecule has 0 bridgehead atoms. The molecule has 0 fully saturated rings. The SMILES string of the molecule is CC(C)c1nc(CC(=O)NCCCOCC(F)(F)F)cs1. The fraction of sp³-hybridized carbons (Fsp3) is 0.692. The number of hydrogen-bond acceptors (Lipinski definition) is 4. The molecule has 21 heavy (non-hydrogen) atoms.